The van der Waals surface area contributed by atoms with Gasteiger partial charge in [-0.1, -0.05) is 60.7 Å². The molecule has 0 saturated heterocycles. The quantitative estimate of drug-likeness (QED) is 0.208. The number of rotatable bonds is 9. The Bertz CT molecular complexity index is 1420. The summed E-state index contributed by atoms with van der Waals surface area (Å²) >= 11 is 0. The first-order valence-corrected chi connectivity index (χ1v) is 11.3. The zero-order chi connectivity index (χ0) is 27.4. The van der Waals surface area contributed by atoms with E-state index in [9.17, 15) is 40.0 Å². The van der Waals surface area contributed by atoms with Gasteiger partial charge in [0.2, 0.25) is 0 Å². The Kier molecular flexibility index (Phi) is 7.24. The Morgan fingerprint density at radius 2 is 0.921 bits per heavy atom. The fraction of sp³-hybridized carbons (Fsp3) is 0.0714. The molecule has 190 valence electrons. The van der Waals surface area contributed by atoms with Gasteiger partial charge in [0.15, 0.2) is 0 Å². The molecule has 0 saturated carbocycles. The van der Waals surface area contributed by atoms with Crippen molar-refractivity contribution in [3.63, 3.8) is 0 Å². The van der Waals surface area contributed by atoms with E-state index in [1.165, 1.54) is 0 Å². The topological polar surface area (TPSA) is 161 Å². The number of nitro benzene ring substituents is 2. The molecule has 0 aliphatic rings. The monoisotopic (exact) mass is 512 g/mol. The molecule has 4 aromatic carbocycles. The average molecular weight is 512 g/mol. The molecule has 2 atom stereocenters. The summed E-state index contributed by atoms with van der Waals surface area (Å²) in [5, 5.41) is 43.4. The average Bonchev–Trinajstić information content (AvgIpc) is 2.91. The molecular formula is C28H20N2O8. The minimum absolute atomic E-state index is 0.0644. The number of non-ortho nitro benzene ring substituents is 2. The second kappa shape index (κ2) is 10.7. The van der Waals surface area contributed by atoms with E-state index in [1.807, 2.05) is 0 Å². The van der Waals surface area contributed by atoms with Crippen LogP contribution in [0.15, 0.2) is 97.1 Å². The standard InChI is InChI=1S/C28H20N2O8/c31-27(32)21-13-11-19(29(35)36)15-23(21)25(17-7-3-1-4-8-17)26(18-9-5-2-6-10-18)24-16-20(30(37)38)12-14-22(24)28(33)34/h1-16,25-26H,(H,31,32)(H,33,34). The van der Waals surface area contributed by atoms with E-state index in [0.29, 0.717) is 11.1 Å². The number of carbonyl (C=O) groups is 2. The Morgan fingerprint density at radius 3 is 1.21 bits per heavy atom. The van der Waals surface area contributed by atoms with Crippen LogP contribution in [-0.4, -0.2) is 32.0 Å². The van der Waals surface area contributed by atoms with Crippen LogP contribution in [0.3, 0.4) is 0 Å². The van der Waals surface area contributed by atoms with Crippen molar-refractivity contribution in [2.24, 2.45) is 0 Å². The molecule has 0 spiro atoms. The molecule has 2 N–H and O–H groups in total. The summed E-state index contributed by atoms with van der Waals surface area (Å²) in [7, 11) is 0. The highest BCUT2D eigenvalue weighted by Gasteiger charge is 2.35. The fourth-order valence-electron chi connectivity index (χ4n) is 4.66. The maximum absolute atomic E-state index is 12.3. The molecule has 0 aliphatic heterocycles. The molecule has 10 heteroatoms. The summed E-state index contributed by atoms with van der Waals surface area (Å²) in [6, 6.07) is 23.8. The molecule has 0 aromatic heterocycles. The maximum Gasteiger partial charge on any atom is 0.335 e. The van der Waals surface area contributed by atoms with Crippen molar-refractivity contribution in [3.05, 3.63) is 151 Å². The molecule has 38 heavy (non-hydrogen) atoms. The number of carboxylic acid groups (broad SMARTS) is 2. The van der Waals surface area contributed by atoms with Crippen LogP contribution in [0, 0.1) is 20.2 Å². The van der Waals surface area contributed by atoms with E-state index in [4.69, 9.17) is 0 Å². The Hall–Kier alpha value is -5.38. The normalized spacial score (nSPS) is 12.3. The van der Waals surface area contributed by atoms with Gasteiger partial charge in [0.25, 0.3) is 11.4 Å². The largest absolute Gasteiger partial charge is 0.478 e. The lowest BCUT2D eigenvalue weighted by molar-refractivity contribution is -0.385. The highest BCUT2D eigenvalue weighted by atomic mass is 16.6. The lowest BCUT2D eigenvalue weighted by Gasteiger charge is -2.31. The molecule has 10 nitrogen and oxygen atoms in total. The van der Waals surface area contributed by atoms with Crippen molar-refractivity contribution in [1.82, 2.24) is 0 Å². The van der Waals surface area contributed by atoms with Crippen molar-refractivity contribution < 1.29 is 29.6 Å². The molecule has 4 aromatic rings. The van der Waals surface area contributed by atoms with Crippen LogP contribution in [0.2, 0.25) is 0 Å². The van der Waals surface area contributed by atoms with Crippen LogP contribution in [0.1, 0.15) is 54.8 Å². The van der Waals surface area contributed by atoms with Gasteiger partial charge in [0.05, 0.1) is 21.0 Å². The Balaban J connectivity index is 2.16. The van der Waals surface area contributed by atoms with Crippen LogP contribution in [0.25, 0.3) is 0 Å². The summed E-state index contributed by atoms with van der Waals surface area (Å²) in [6.07, 6.45) is 0. The predicted molar refractivity (Wildman–Crippen MR) is 137 cm³/mol. The van der Waals surface area contributed by atoms with Crippen LogP contribution in [-0.2, 0) is 0 Å². The highest BCUT2D eigenvalue weighted by Crippen LogP contribution is 2.46. The van der Waals surface area contributed by atoms with Gasteiger partial charge >= 0.3 is 11.9 Å². The summed E-state index contributed by atoms with van der Waals surface area (Å²) in [6.45, 7) is 0. The summed E-state index contributed by atoms with van der Waals surface area (Å²) in [5.41, 5.74) is 0.0643. The molecule has 0 amide bonds. The van der Waals surface area contributed by atoms with Crippen LogP contribution >= 0.6 is 0 Å². The second-order valence-electron chi connectivity index (χ2n) is 8.44. The minimum atomic E-state index is -1.33. The molecule has 0 radical (unpaired) electrons. The maximum atomic E-state index is 12.3. The van der Waals surface area contributed by atoms with Gasteiger partial charge in [-0.2, -0.15) is 0 Å². The number of carboxylic acids is 2. The van der Waals surface area contributed by atoms with Crippen molar-refractivity contribution >= 4 is 23.3 Å². The highest BCUT2D eigenvalue weighted by molar-refractivity contribution is 5.92. The van der Waals surface area contributed by atoms with Crippen LogP contribution in [0.5, 0.6) is 0 Å². The SMILES string of the molecule is O=C(O)c1ccc([N+](=O)[O-])cc1C(c1ccccc1)C(c1ccccc1)c1cc([N+](=O)[O-])ccc1C(=O)O. The predicted octanol–water partition coefficient (Wildman–Crippen LogP) is 5.86. The Morgan fingerprint density at radius 1 is 0.579 bits per heavy atom. The first-order valence-electron chi connectivity index (χ1n) is 11.3. The van der Waals surface area contributed by atoms with E-state index in [0.717, 1.165) is 36.4 Å². The number of aromatic carboxylic acids is 2. The van der Waals surface area contributed by atoms with Gasteiger partial charge in [-0.3, -0.25) is 20.2 Å². The third kappa shape index (κ3) is 5.09. The third-order valence-corrected chi connectivity index (χ3v) is 6.27. The molecule has 0 heterocycles. The lowest BCUT2D eigenvalue weighted by Crippen LogP contribution is -2.20. The van der Waals surface area contributed by atoms with Crippen molar-refractivity contribution in [3.8, 4) is 0 Å². The van der Waals surface area contributed by atoms with Gasteiger partial charge in [0.1, 0.15) is 0 Å². The van der Waals surface area contributed by atoms with Crippen LogP contribution < -0.4 is 0 Å². The summed E-state index contributed by atoms with van der Waals surface area (Å²) in [5.74, 6) is -4.60. The summed E-state index contributed by atoms with van der Waals surface area (Å²) in [4.78, 5) is 46.6. The van der Waals surface area contributed by atoms with Gasteiger partial charge in [0, 0.05) is 36.1 Å². The number of nitro groups is 2. The molecule has 0 fully saturated rings. The van der Waals surface area contributed by atoms with E-state index >= 15 is 0 Å². The minimum Gasteiger partial charge on any atom is -0.478 e. The smallest absolute Gasteiger partial charge is 0.335 e. The van der Waals surface area contributed by atoms with E-state index in [2.05, 4.69) is 0 Å². The van der Waals surface area contributed by atoms with Gasteiger partial charge < -0.3 is 10.2 Å². The number of hydrogen-bond acceptors (Lipinski definition) is 6. The Labute approximate surface area is 215 Å². The van der Waals surface area contributed by atoms with Crippen molar-refractivity contribution in [2.45, 2.75) is 11.8 Å². The molecule has 2 unspecified atom stereocenters. The zero-order valence-corrected chi connectivity index (χ0v) is 19.6. The van der Waals surface area contributed by atoms with Crippen molar-refractivity contribution in [1.29, 1.82) is 0 Å². The van der Waals surface area contributed by atoms with Gasteiger partial charge in [-0.15, -0.1) is 0 Å². The molecule has 4 rings (SSSR count). The molecular weight excluding hydrogens is 492 g/mol. The first-order chi connectivity index (χ1) is 18.2. The zero-order valence-electron chi connectivity index (χ0n) is 19.6. The molecule has 0 bridgehead atoms. The first kappa shape index (κ1) is 25.7. The van der Waals surface area contributed by atoms with Gasteiger partial charge in [-0.25, -0.2) is 9.59 Å². The number of hydrogen-bond donors (Lipinski definition) is 2. The molecule has 0 aliphatic carbocycles. The number of nitrogens with zero attached hydrogens (tertiary/aromatic N) is 2. The second-order valence-corrected chi connectivity index (χ2v) is 8.44. The van der Waals surface area contributed by atoms with Crippen molar-refractivity contribution in [2.75, 3.05) is 0 Å². The van der Waals surface area contributed by atoms with Crippen LogP contribution in [0.4, 0.5) is 11.4 Å². The lowest BCUT2D eigenvalue weighted by atomic mass is 9.71. The third-order valence-electron chi connectivity index (χ3n) is 6.27. The fourth-order valence-corrected chi connectivity index (χ4v) is 4.66. The number of benzene rings is 4. The van der Waals surface area contributed by atoms with E-state index in [-0.39, 0.29) is 33.6 Å². The summed E-state index contributed by atoms with van der Waals surface area (Å²) < 4.78 is 0. The van der Waals surface area contributed by atoms with Gasteiger partial charge in [-0.05, 0) is 34.4 Å². The van der Waals surface area contributed by atoms with E-state index in [1.54, 1.807) is 60.7 Å². The van der Waals surface area contributed by atoms with E-state index < -0.39 is 33.6 Å².